The largest absolute Gasteiger partial charge is 0.493 e. The molecule has 25 heavy (non-hydrogen) atoms. The number of nitrogens with one attached hydrogen (secondary N) is 1. The van der Waals surface area contributed by atoms with E-state index in [4.69, 9.17) is 9.47 Å². The van der Waals surface area contributed by atoms with Gasteiger partial charge < -0.3 is 14.8 Å². The highest BCUT2D eigenvalue weighted by atomic mass is 79.9. The van der Waals surface area contributed by atoms with Gasteiger partial charge in [-0.15, -0.1) is 0 Å². The molecule has 0 heterocycles. The number of ether oxygens (including phenoxy) is 2. The van der Waals surface area contributed by atoms with Crippen LogP contribution in [0.5, 0.6) is 11.5 Å². The van der Waals surface area contributed by atoms with Gasteiger partial charge >= 0.3 is 0 Å². The highest BCUT2D eigenvalue weighted by molar-refractivity contribution is 9.10. The van der Waals surface area contributed by atoms with Crippen molar-refractivity contribution in [3.8, 4) is 11.5 Å². The number of halogens is 1. The standard InChI is InChI=1S/C20H24BrNO3/c1-14(9-10-15-7-5-4-6-8-15)22-20(23)12-16-11-18(24-2)19(25-3)13-17(16)21/h4-8,11,13-14H,9-10,12H2,1-3H3,(H,22,23)/t14-/m1/s1. The predicted octanol–water partition coefficient (Wildman–Crippen LogP) is 4.15. The van der Waals surface area contributed by atoms with Crippen LogP contribution < -0.4 is 14.8 Å². The number of carbonyl (C=O) groups is 1. The fourth-order valence-corrected chi connectivity index (χ4v) is 3.09. The molecule has 4 nitrogen and oxygen atoms in total. The number of amides is 1. The second kappa shape index (κ2) is 9.47. The van der Waals surface area contributed by atoms with Gasteiger partial charge in [0.05, 0.1) is 20.6 Å². The molecule has 0 radical (unpaired) electrons. The molecular formula is C20H24BrNO3. The van der Waals surface area contributed by atoms with Gasteiger partial charge in [-0.2, -0.15) is 0 Å². The molecule has 0 bridgehead atoms. The van der Waals surface area contributed by atoms with Crippen LogP contribution >= 0.6 is 15.9 Å². The number of carbonyl (C=O) groups excluding carboxylic acids is 1. The van der Waals surface area contributed by atoms with Crippen LogP contribution in [0.4, 0.5) is 0 Å². The summed E-state index contributed by atoms with van der Waals surface area (Å²) in [7, 11) is 3.17. The fraction of sp³-hybridized carbons (Fsp3) is 0.350. The molecule has 2 aromatic rings. The van der Waals surface area contributed by atoms with Gasteiger partial charge in [0.15, 0.2) is 11.5 Å². The van der Waals surface area contributed by atoms with Gasteiger partial charge in [0.2, 0.25) is 5.91 Å². The van der Waals surface area contributed by atoms with Crippen molar-refractivity contribution in [1.29, 1.82) is 0 Å². The van der Waals surface area contributed by atoms with E-state index in [1.165, 1.54) is 5.56 Å². The third kappa shape index (κ3) is 5.78. The first-order valence-electron chi connectivity index (χ1n) is 8.27. The van der Waals surface area contributed by atoms with Crippen molar-refractivity contribution >= 4 is 21.8 Å². The lowest BCUT2D eigenvalue weighted by Crippen LogP contribution is -2.34. The van der Waals surface area contributed by atoms with Crippen LogP contribution in [0.25, 0.3) is 0 Å². The Kier molecular flexibility index (Phi) is 7.31. The molecule has 0 spiro atoms. The summed E-state index contributed by atoms with van der Waals surface area (Å²) in [5, 5.41) is 3.06. The first-order chi connectivity index (χ1) is 12.0. The van der Waals surface area contributed by atoms with Gasteiger partial charge in [-0.3, -0.25) is 4.79 Å². The van der Waals surface area contributed by atoms with Crippen molar-refractivity contribution < 1.29 is 14.3 Å². The molecule has 1 atom stereocenters. The Morgan fingerprint density at radius 2 is 1.76 bits per heavy atom. The van der Waals surface area contributed by atoms with E-state index in [1.807, 2.05) is 37.3 Å². The summed E-state index contributed by atoms with van der Waals surface area (Å²) in [6.07, 6.45) is 2.14. The van der Waals surface area contributed by atoms with Gasteiger partial charge in [-0.1, -0.05) is 46.3 Å². The summed E-state index contributed by atoms with van der Waals surface area (Å²) < 4.78 is 11.4. The van der Waals surface area contributed by atoms with Crippen molar-refractivity contribution in [2.45, 2.75) is 32.2 Å². The quantitative estimate of drug-likeness (QED) is 0.717. The highest BCUT2D eigenvalue weighted by Crippen LogP contribution is 2.33. The molecule has 5 heteroatoms. The minimum atomic E-state index is -0.00604. The minimum Gasteiger partial charge on any atom is -0.493 e. The highest BCUT2D eigenvalue weighted by Gasteiger charge is 2.14. The average Bonchev–Trinajstić information content (AvgIpc) is 2.62. The molecule has 1 amide bonds. The molecule has 2 aromatic carbocycles. The zero-order chi connectivity index (χ0) is 18.2. The molecule has 2 rings (SSSR count). The lowest BCUT2D eigenvalue weighted by molar-refractivity contribution is -0.121. The van der Waals surface area contributed by atoms with E-state index in [2.05, 4.69) is 33.4 Å². The molecule has 0 saturated carbocycles. The van der Waals surface area contributed by atoms with E-state index < -0.39 is 0 Å². The number of benzene rings is 2. The lowest BCUT2D eigenvalue weighted by atomic mass is 10.1. The van der Waals surface area contributed by atoms with Gasteiger partial charge in [0.25, 0.3) is 0 Å². The number of methoxy groups -OCH3 is 2. The maximum absolute atomic E-state index is 12.3. The molecule has 1 N–H and O–H groups in total. The van der Waals surface area contributed by atoms with E-state index in [1.54, 1.807) is 14.2 Å². The van der Waals surface area contributed by atoms with Crippen molar-refractivity contribution in [1.82, 2.24) is 5.32 Å². The normalized spacial score (nSPS) is 11.7. The Labute approximate surface area is 157 Å². The van der Waals surface area contributed by atoms with Crippen LogP contribution in [0.1, 0.15) is 24.5 Å². The van der Waals surface area contributed by atoms with Crippen molar-refractivity contribution in [3.05, 3.63) is 58.1 Å². The molecule has 0 aliphatic heterocycles. The first-order valence-corrected chi connectivity index (χ1v) is 9.06. The van der Waals surface area contributed by atoms with E-state index >= 15 is 0 Å². The minimum absolute atomic E-state index is 0.00604. The van der Waals surface area contributed by atoms with Gasteiger partial charge in [0, 0.05) is 10.5 Å². The van der Waals surface area contributed by atoms with Crippen LogP contribution in [0, 0.1) is 0 Å². The summed E-state index contributed by atoms with van der Waals surface area (Å²) in [4.78, 5) is 12.3. The Morgan fingerprint density at radius 3 is 2.40 bits per heavy atom. The van der Waals surface area contributed by atoms with E-state index in [0.29, 0.717) is 11.5 Å². The third-order valence-corrected chi connectivity index (χ3v) is 4.76. The summed E-state index contributed by atoms with van der Waals surface area (Å²) in [6.45, 7) is 2.03. The molecule has 134 valence electrons. The summed E-state index contributed by atoms with van der Waals surface area (Å²) in [5.74, 6) is 1.24. The van der Waals surface area contributed by atoms with Crippen LogP contribution in [-0.4, -0.2) is 26.2 Å². The average molecular weight is 406 g/mol. The topological polar surface area (TPSA) is 47.6 Å². The predicted molar refractivity (Wildman–Crippen MR) is 103 cm³/mol. The second-order valence-corrected chi connectivity index (χ2v) is 6.82. The Balaban J connectivity index is 1.91. The molecule has 0 aromatic heterocycles. The third-order valence-electron chi connectivity index (χ3n) is 4.02. The van der Waals surface area contributed by atoms with E-state index in [9.17, 15) is 4.79 Å². The van der Waals surface area contributed by atoms with Crippen molar-refractivity contribution in [2.75, 3.05) is 14.2 Å². The zero-order valence-electron chi connectivity index (χ0n) is 14.8. The Bertz CT molecular complexity index is 704. The molecule has 0 aliphatic rings. The lowest BCUT2D eigenvalue weighted by Gasteiger charge is -2.15. The van der Waals surface area contributed by atoms with Gasteiger partial charge in [-0.25, -0.2) is 0 Å². The summed E-state index contributed by atoms with van der Waals surface area (Å²) in [6, 6.07) is 14.1. The maximum atomic E-state index is 12.3. The second-order valence-electron chi connectivity index (χ2n) is 5.97. The zero-order valence-corrected chi connectivity index (χ0v) is 16.4. The number of aryl methyl sites for hydroxylation is 1. The fourth-order valence-electron chi connectivity index (χ4n) is 2.63. The monoisotopic (exact) mass is 405 g/mol. The van der Waals surface area contributed by atoms with Crippen LogP contribution in [-0.2, 0) is 17.6 Å². The summed E-state index contributed by atoms with van der Waals surface area (Å²) >= 11 is 3.49. The molecule has 0 fully saturated rings. The number of rotatable bonds is 8. The van der Waals surface area contributed by atoms with E-state index in [0.717, 1.165) is 22.9 Å². The van der Waals surface area contributed by atoms with Gasteiger partial charge in [0.1, 0.15) is 0 Å². The number of hydrogen-bond acceptors (Lipinski definition) is 3. The molecule has 0 saturated heterocycles. The van der Waals surface area contributed by atoms with Crippen molar-refractivity contribution in [3.63, 3.8) is 0 Å². The summed E-state index contributed by atoms with van der Waals surface area (Å²) in [5.41, 5.74) is 2.15. The van der Waals surface area contributed by atoms with Crippen LogP contribution in [0.2, 0.25) is 0 Å². The Hall–Kier alpha value is -2.01. The Morgan fingerprint density at radius 1 is 1.12 bits per heavy atom. The van der Waals surface area contributed by atoms with Crippen LogP contribution in [0.3, 0.4) is 0 Å². The van der Waals surface area contributed by atoms with E-state index in [-0.39, 0.29) is 18.4 Å². The molecule has 0 unspecified atom stereocenters. The molecular weight excluding hydrogens is 382 g/mol. The maximum Gasteiger partial charge on any atom is 0.224 e. The first kappa shape index (κ1) is 19.3. The van der Waals surface area contributed by atoms with Gasteiger partial charge in [-0.05, 0) is 43.0 Å². The van der Waals surface area contributed by atoms with Crippen LogP contribution in [0.15, 0.2) is 46.9 Å². The molecule has 0 aliphatic carbocycles. The smallest absolute Gasteiger partial charge is 0.224 e. The number of hydrogen-bond donors (Lipinski definition) is 1. The van der Waals surface area contributed by atoms with Crippen molar-refractivity contribution in [2.24, 2.45) is 0 Å². The SMILES string of the molecule is COc1cc(Br)c(CC(=O)N[C@H](C)CCc2ccccc2)cc1OC.